The first-order valence-corrected chi connectivity index (χ1v) is 15.2. The largest absolute Gasteiger partial charge is 0.507 e. The molecule has 8 atom stereocenters. The second-order valence-electron chi connectivity index (χ2n) is 14.2. The molecule has 5 rings (SSSR count). The van der Waals surface area contributed by atoms with Crippen molar-refractivity contribution in [2.75, 3.05) is 0 Å². The van der Waals surface area contributed by atoms with Crippen LogP contribution in [0.4, 0.5) is 0 Å². The fourth-order valence-electron chi connectivity index (χ4n) is 9.98. The molecule has 4 saturated carbocycles. The Morgan fingerprint density at radius 1 is 0.944 bits per heavy atom. The molecule has 0 spiro atoms. The maximum Gasteiger partial charge on any atom is 0.162 e. The zero-order chi connectivity index (χ0) is 25.7. The van der Waals surface area contributed by atoms with E-state index in [9.17, 15) is 9.90 Å². The Kier molecular flexibility index (Phi) is 7.20. The van der Waals surface area contributed by atoms with Gasteiger partial charge in [-0.25, -0.2) is 0 Å². The molecule has 198 valence electrons. The van der Waals surface area contributed by atoms with Gasteiger partial charge in [0.2, 0.25) is 0 Å². The number of hydrogen-bond acceptors (Lipinski definition) is 2. The second kappa shape index (κ2) is 9.95. The summed E-state index contributed by atoms with van der Waals surface area (Å²) in [6, 6.07) is 9.72. The molecule has 1 N–H and O–H groups in total. The summed E-state index contributed by atoms with van der Waals surface area (Å²) in [5.41, 5.74) is 2.13. The molecule has 2 heteroatoms. The maximum absolute atomic E-state index is 13.2. The number of benzene rings is 1. The van der Waals surface area contributed by atoms with Gasteiger partial charge in [-0.05, 0) is 97.2 Å². The lowest BCUT2D eigenvalue weighted by Crippen LogP contribution is -2.54. The molecular weight excluding hydrogens is 440 g/mol. The van der Waals surface area contributed by atoms with Crippen LogP contribution in [0.3, 0.4) is 0 Å². The summed E-state index contributed by atoms with van der Waals surface area (Å²) in [5.74, 6) is 5.78. The molecule has 0 saturated heterocycles. The summed E-state index contributed by atoms with van der Waals surface area (Å²) < 4.78 is 0. The van der Waals surface area contributed by atoms with Crippen LogP contribution in [0, 0.1) is 52.3 Å². The van der Waals surface area contributed by atoms with E-state index >= 15 is 0 Å². The van der Waals surface area contributed by atoms with Gasteiger partial charge in [0.05, 0.1) is 0 Å². The first kappa shape index (κ1) is 26.1. The van der Waals surface area contributed by atoms with Crippen molar-refractivity contribution in [1.29, 1.82) is 0 Å². The molecule has 1 aromatic rings. The van der Waals surface area contributed by atoms with E-state index in [1.54, 1.807) is 0 Å². The smallest absolute Gasteiger partial charge is 0.162 e. The van der Waals surface area contributed by atoms with E-state index in [1.807, 2.05) is 30.3 Å². The predicted octanol–water partition coefficient (Wildman–Crippen LogP) is 9.26. The van der Waals surface area contributed by atoms with Crippen LogP contribution in [-0.2, 0) is 4.79 Å². The molecule has 4 aliphatic rings. The fourth-order valence-corrected chi connectivity index (χ4v) is 9.98. The van der Waals surface area contributed by atoms with Gasteiger partial charge in [0.25, 0.3) is 0 Å². The highest BCUT2D eigenvalue weighted by Gasteiger charge is 2.61. The van der Waals surface area contributed by atoms with Crippen LogP contribution in [0.2, 0.25) is 0 Å². The van der Waals surface area contributed by atoms with E-state index in [-0.39, 0.29) is 17.0 Å². The Bertz CT molecular complexity index is 976. The van der Waals surface area contributed by atoms with Crippen molar-refractivity contribution in [2.45, 2.75) is 105 Å². The van der Waals surface area contributed by atoms with Crippen molar-refractivity contribution in [3.8, 4) is 0 Å². The van der Waals surface area contributed by atoms with Gasteiger partial charge in [0.1, 0.15) is 5.76 Å². The molecule has 0 amide bonds. The molecule has 0 aromatic heterocycles. The predicted molar refractivity (Wildman–Crippen MR) is 149 cm³/mol. The molecule has 0 unspecified atom stereocenters. The molecule has 0 radical (unpaired) electrons. The molecular formula is C34H50O2. The number of carbonyl (C=O) groups excluding carboxylic acids is 1. The highest BCUT2D eigenvalue weighted by atomic mass is 16.3. The first-order chi connectivity index (χ1) is 17.1. The molecule has 4 aliphatic carbocycles. The minimum Gasteiger partial charge on any atom is -0.507 e. The highest BCUT2D eigenvalue weighted by Crippen LogP contribution is 2.68. The van der Waals surface area contributed by atoms with Crippen molar-refractivity contribution >= 4 is 11.5 Å². The van der Waals surface area contributed by atoms with E-state index < -0.39 is 0 Å². The third-order valence-electron chi connectivity index (χ3n) is 11.9. The van der Waals surface area contributed by atoms with Crippen molar-refractivity contribution in [2.24, 2.45) is 52.3 Å². The van der Waals surface area contributed by atoms with Gasteiger partial charge in [-0.2, -0.15) is 0 Å². The van der Waals surface area contributed by atoms with Crippen molar-refractivity contribution < 1.29 is 9.90 Å². The van der Waals surface area contributed by atoms with Crippen LogP contribution in [0.15, 0.2) is 35.9 Å². The van der Waals surface area contributed by atoms with E-state index in [0.717, 1.165) is 41.6 Å². The number of aliphatic hydroxyl groups excluding tert-OH is 1. The Labute approximate surface area is 220 Å². The van der Waals surface area contributed by atoms with Crippen LogP contribution < -0.4 is 0 Å². The topological polar surface area (TPSA) is 37.3 Å². The van der Waals surface area contributed by atoms with Crippen molar-refractivity contribution in [1.82, 2.24) is 0 Å². The standard InChI is InChI=1S/C34H50O2/c1-22(2)10-9-11-23(3)28-16-17-29-26-15-14-25-20-31(35)27(32(36)24-12-7-6-8-13-24)21-34(25,5)30(26)18-19-33(28,29)4/h6-8,12-13,22-23,25-26,28-30,36H,9-11,14-21H2,1-5H3/b32-27-/t23-,25-,26+,28+,29-,30+,33+,34-/m0/s1. The summed E-state index contributed by atoms with van der Waals surface area (Å²) in [7, 11) is 0. The van der Waals surface area contributed by atoms with Gasteiger partial charge in [0, 0.05) is 17.6 Å². The number of carbonyl (C=O) groups is 1. The third kappa shape index (κ3) is 4.39. The van der Waals surface area contributed by atoms with Gasteiger partial charge in [-0.15, -0.1) is 0 Å². The third-order valence-corrected chi connectivity index (χ3v) is 11.9. The van der Waals surface area contributed by atoms with E-state index in [0.29, 0.717) is 29.2 Å². The van der Waals surface area contributed by atoms with Crippen molar-refractivity contribution in [3.05, 3.63) is 41.5 Å². The van der Waals surface area contributed by atoms with Crippen molar-refractivity contribution in [3.63, 3.8) is 0 Å². The minimum atomic E-state index is 0.136. The minimum absolute atomic E-state index is 0.136. The monoisotopic (exact) mass is 490 g/mol. The van der Waals surface area contributed by atoms with E-state index in [2.05, 4.69) is 34.6 Å². The molecule has 0 aliphatic heterocycles. The molecule has 1 aromatic carbocycles. The van der Waals surface area contributed by atoms with Gasteiger partial charge in [0.15, 0.2) is 5.78 Å². The fraction of sp³-hybridized carbons (Fsp3) is 0.735. The molecule has 4 fully saturated rings. The summed E-state index contributed by atoms with van der Waals surface area (Å²) in [6.07, 6.45) is 13.6. The van der Waals surface area contributed by atoms with Gasteiger partial charge in [-0.1, -0.05) is 84.2 Å². The van der Waals surface area contributed by atoms with Gasteiger partial charge >= 0.3 is 0 Å². The number of allylic oxidation sites excluding steroid dienone is 1. The first-order valence-electron chi connectivity index (χ1n) is 15.2. The average Bonchev–Trinajstić information content (AvgIpc) is 3.21. The second-order valence-corrected chi connectivity index (χ2v) is 14.2. The Morgan fingerprint density at radius 2 is 1.67 bits per heavy atom. The van der Waals surface area contributed by atoms with Gasteiger partial charge in [-0.3, -0.25) is 4.79 Å². The Balaban J connectivity index is 1.36. The highest BCUT2D eigenvalue weighted by molar-refractivity contribution is 6.02. The van der Waals surface area contributed by atoms with Crippen LogP contribution in [0.1, 0.15) is 111 Å². The van der Waals surface area contributed by atoms with E-state index in [1.165, 1.54) is 57.8 Å². The molecule has 0 heterocycles. The SMILES string of the molecule is CC(C)CCC[C@H](C)[C@H]1CC[C@H]2[C@H]3CC[C@H]4CC(=O)/C(=C(\O)c5ccccc5)C[C@]4(C)[C@@H]3CC[C@]12C. The Morgan fingerprint density at radius 3 is 2.39 bits per heavy atom. The molecule has 36 heavy (non-hydrogen) atoms. The lowest BCUT2D eigenvalue weighted by molar-refractivity contribution is -0.133. The van der Waals surface area contributed by atoms with Crippen LogP contribution in [-0.4, -0.2) is 10.9 Å². The van der Waals surface area contributed by atoms with Crippen LogP contribution >= 0.6 is 0 Å². The lowest BCUT2D eigenvalue weighted by Gasteiger charge is -2.60. The zero-order valence-electron chi connectivity index (χ0n) is 23.6. The summed E-state index contributed by atoms with van der Waals surface area (Å²) in [6.45, 7) is 12.4. The number of ketones is 1. The number of hydrogen-bond donors (Lipinski definition) is 1. The van der Waals surface area contributed by atoms with E-state index in [4.69, 9.17) is 0 Å². The summed E-state index contributed by atoms with van der Waals surface area (Å²) in [5, 5.41) is 11.2. The number of fused-ring (bicyclic) bond motifs is 5. The number of aliphatic hydroxyl groups is 1. The van der Waals surface area contributed by atoms with Gasteiger partial charge < -0.3 is 5.11 Å². The Hall–Kier alpha value is -1.57. The molecule has 0 bridgehead atoms. The number of Topliss-reactive ketones (excluding diaryl/α,β-unsaturated/α-hetero) is 1. The summed E-state index contributed by atoms with van der Waals surface area (Å²) in [4.78, 5) is 13.2. The zero-order valence-corrected chi connectivity index (χ0v) is 23.6. The lowest BCUT2D eigenvalue weighted by atomic mass is 9.44. The quantitative estimate of drug-likeness (QED) is 0.319. The van der Waals surface area contributed by atoms with Crippen LogP contribution in [0.5, 0.6) is 0 Å². The molecule has 2 nitrogen and oxygen atoms in total. The number of rotatable bonds is 6. The summed E-state index contributed by atoms with van der Waals surface area (Å²) >= 11 is 0. The average molecular weight is 491 g/mol. The maximum atomic E-state index is 13.2. The normalized spacial score (nSPS) is 40.4. The van der Waals surface area contributed by atoms with Crippen LogP contribution in [0.25, 0.3) is 5.76 Å².